The highest BCUT2D eigenvalue weighted by Crippen LogP contribution is 2.41. The molecule has 3 saturated carbocycles. The quantitative estimate of drug-likeness (QED) is 0.0692. The summed E-state index contributed by atoms with van der Waals surface area (Å²) in [6, 6.07) is 36.5. The lowest BCUT2D eigenvalue weighted by Crippen LogP contribution is -2.34. The largest absolute Gasteiger partial charge is 0.477 e. The van der Waals surface area contributed by atoms with Crippen molar-refractivity contribution >= 4 is 75.6 Å². The average Bonchev–Trinajstić information content (AvgIpc) is 4.22. The molecule has 5 heterocycles. The summed E-state index contributed by atoms with van der Waals surface area (Å²) in [6.07, 6.45) is 10.6. The number of aliphatic carboxylic acids is 1. The number of halogens is 1. The molecule has 3 aromatic heterocycles. The fraction of sp³-hybridized carbons (Fsp3) is 0.333. The number of anilines is 3. The first-order valence-electron chi connectivity index (χ1n) is 25.0. The molecule has 8 N–H and O–H groups in total. The van der Waals surface area contributed by atoms with E-state index in [-0.39, 0.29) is 48.5 Å². The summed E-state index contributed by atoms with van der Waals surface area (Å²) in [6.45, 7) is 0. The highest BCUT2D eigenvalue weighted by molar-refractivity contribution is 9.10. The van der Waals surface area contributed by atoms with Crippen molar-refractivity contribution in [3.8, 4) is 0 Å². The molecular weight excluding hydrogens is 1030 g/mol. The van der Waals surface area contributed by atoms with Gasteiger partial charge in [-0.2, -0.15) is 25.5 Å². The number of carboxylic acid groups (broad SMARTS) is 1. The van der Waals surface area contributed by atoms with Gasteiger partial charge in [-0.1, -0.05) is 89.4 Å². The Hall–Kier alpha value is -7.82. The number of nitrogen functional groups attached to an aromatic ring is 2. The number of hydrogen-bond acceptors (Lipinski definition) is 16. The monoisotopic (exact) mass is 1090 g/mol. The molecule has 0 spiro atoms. The van der Waals surface area contributed by atoms with Gasteiger partial charge in [-0.15, -0.1) is 15.3 Å². The standard InChI is InChI=1S/C20H21N5O2.C14H15N3.C11H10BrN3.C6H8N2O3.C3H7BO2/c1-25-19(26)10-8-17(24-25)20(27)21-18-9-7-16(22-23-18)12-13-3-2-4-15(11-13)14-5-6-14;15-14-7-6-13(16-17-14)9-10-2-1-3-12(8-10)11-4-5-11;12-9-3-1-2-8(6-9)7-10-4-5-11(13)15-14-10;1-8-5(9)3-2-4(7-8)6(10)11;5-4(6)3-1-2-3/h2-4,7,9,11,14H,5-6,8,10,12H2,1H3,(H,21,23,27);1-3,6-8,11H,4-5,9H2,(H2,15,17);1-6H,7H2,(H2,13,15);2-3H2,1H3,(H,10,11);3,5-6H,1-2H2. The molecule has 6 aromatic rings. The second-order valence-corrected chi connectivity index (χ2v) is 19.9. The van der Waals surface area contributed by atoms with Gasteiger partial charge in [-0.05, 0) is 120 Å². The molecule has 3 fully saturated rings. The molecule has 22 heteroatoms. The van der Waals surface area contributed by atoms with Gasteiger partial charge in [0.2, 0.25) is 11.8 Å². The minimum atomic E-state index is -1.05. The first-order chi connectivity index (χ1) is 36.5. The van der Waals surface area contributed by atoms with Crippen LogP contribution in [0.3, 0.4) is 0 Å². The van der Waals surface area contributed by atoms with E-state index in [0.717, 1.165) is 64.1 Å². The number of aromatic nitrogens is 6. The van der Waals surface area contributed by atoms with Crippen LogP contribution in [-0.4, -0.2) is 112 Å². The van der Waals surface area contributed by atoms with Gasteiger partial charge in [0.15, 0.2) is 5.82 Å². The second kappa shape index (κ2) is 27.1. The van der Waals surface area contributed by atoms with Crippen LogP contribution >= 0.6 is 15.9 Å². The second-order valence-electron chi connectivity index (χ2n) is 18.9. The number of rotatable bonds is 12. The molecule has 3 amide bonds. The number of nitrogens with two attached hydrogens (primary N) is 2. The van der Waals surface area contributed by atoms with Gasteiger partial charge in [0.1, 0.15) is 23.1 Å². The van der Waals surface area contributed by atoms with Crippen LogP contribution in [0.15, 0.2) is 124 Å². The highest BCUT2D eigenvalue weighted by Gasteiger charge is 2.33. The lowest BCUT2D eigenvalue weighted by Gasteiger charge is -2.18. The van der Waals surface area contributed by atoms with Crippen molar-refractivity contribution < 1.29 is 34.3 Å². The molecule has 11 rings (SSSR count). The van der Waals surface area contributed by atoms with Crippen molar-refractivity contribution in [2.45, 2.75) is 101 Å². The maximum absolute atomic E-state index is 12.3. The Labute approximate surface area is 449 Å². The van der Waals surface area contributed by atoms with Crippen molar-refractivity contribution in [2.24, 2.45) is 10.2 Å². The van der Waals surface area contributed by atoms with Gasteiger partial charge in [0.05, 0.1) is 17.1 Å². The number of hydrazone groups is 2. The molecular formula is C54H61BBrN13O7. The number of carbonyl (C=O) groups is 4. The van der Waals surface area contributed by atoms with Gasteiger partial charge >= 0.3 is 13.1 Å². The van der Waals surface area contributed by atoms with E-state index in [1.165, 1.54) is 65.6 Å². The van der Waals surface area contributed by atoms with Crippen LogP contribution < -0.4 is 16.8 Å². The van der Waals surface area contributed by atoms with E-state index in [2.05, 4.69) is 123 Å². The molecule has 0 atom stereocenters. The Bertz CT molecular complexity index is 3010. The third-order valence-electron chi connectivity index (χ3n) is 12.5. The van der Waals surface area contributed by atoms with Gasteiger partial charge in [0.25, 0.3) is 5.91 Å². The van der Waals surface area contributed by atoms with Crippen molar-refractivity contribution in [2.75, 3.05) is 30.9 Å². The van der Waals surface area contributed by atoms with Crippen molar-refractivity contribution in [3.63, 3.8) is 0 Å². The first kappa shape index (κ1) is 55.9. The van der Waals surface area contributed by atoms with E-state index in [1.807, 2.05) is 30.3 Å². The smallest absolute Gasteiger partial charge is 0.454 e. The summed E-state index contributed by atoms with van der Waals surface area (Å²) in [5.74, 6) is 1.39. The Morgan fingerprint density at radius 1 is 0.592 bits per heavy atom. The number of nitrogens with zero attached hydrogens (tertiary/aromatic N) is 10. The SMILES string of the molecule is CN1N=C(C(=O)Nc2ccc(Cc3cccc(C4CC4)c3)nn2)CCC1=O.CN1N=C(C(=O)O)CCC1=O.Nc1ccc(Cc2cccc(Br)c2)nn1.Nc1ccc(Cc2cccc(C3CC3)c2)nn1.OB(O)C1CC1. The maximum atomic E-state index is 12.3. The normalized spacial score (nSPS) is 15.6. The van der Waals surface area contributed by atoms with E-state index in [4.69, 9.17) is 26.6 Å². The van der Waals surface area contributed by atoms with Crippen LogP contribution in [0.1, 0.15) is 121 Å². The summed E-state index contributed by atoms with van der Waals surface area (Å²) in [5.41, 5.74) is 20.7. The molecule has 394 valence electrons. The number of carbonyl (C=O) groups excluding carboxylic acids is 3. The van der Waals surface area contributed by atoms with Gasteiger partial charge in [-0.3, -0.25) is 14.4 Å². The minimum absolute atomic E-state index is 0.0482. The molecule has 20 nitrogen and oxygen atoms in total. The van der Waals surface area contributed by atoms with Crippen LogP contribution in [0.4, 0.5) is 17.5 Å². The number of hydrogen-bond donors (Lipinski definition) is 6. The predicted molar refractivity (Wildman–Crippen MR) is 293 cm³/mol. The lowest BCUT2D eigenvalue weighted by molar-refractivity contribution is -0.132. The highest BCUT2D eigenvalue weighted by atomic mass is 79.9. The van der Waals surface area contributed by atoms with Crippen LogP contribution in [0.25, 0.3) is 0 Å². The lowest BCUT2D eigenvalue weighted by atomic mass is 9.84. The first-order valence-corrected chi connectivity index (χ1v) is 25.8. The van der Waals surface area contributed by atoms with E-state index in [0.29, 0.717) is 36.0 Å². The molecule has 3 aromatic carbocycles. The third-order valence-corrected chi connectivity index (χ3v) is 12.9. The fourth-order valence-electron chi connectivity index (χ4n) is 7.71. The van der Waals surface area contributed by atoms with Gasteiger partial charge < -0.3 is 31.9 Å². The zero-order valence-electron chi connectivity index (χ0n) is 42.4. The fourth-order valence-corrected chi connectivity index (χ4v) is 8.16. The number of nitrogens with one attached hydrogen (secondary N) is 1. The van der Waals surface area contributed by atoms with Crippen LogP contribution in [0.5, 0.6) is 0 Å². The molecule has 0 unspecified atom stereocenters. The van der Waals surface area contributed by atoms with Gasteiger partial charge in [0, 0.05) is 63.5 Å². The summed E-state index contributed by atoms with van der Waals surface area (Å²) in [4.78, 5) is 44.8. The van der Waals surface area contributed by atoms with E-state index in [1.54, 1.807) is 25.2 Å². The van der Waals surface area contributed by atoms with Crippen molar-refractivity contribution in [1.29, 1.82) is 0 Å². The Kier molecular flexibility index (Phi) is 20.0. The molecule has 3 aliphatic carbocycles. The predicted octanol–water partition coefficient (Wildman–Crippen LogP) is 6.73. The summed E-state index contributed by atoms with van der Waals surface area (Å²) in [7, 11) is 1.96. The molecule has 0 saturated heterocycles. The topological polar surface area (TPSA) is 302 Å². The minimum Gasteiger partial charge on any atom is -0.477 e. The molecule has 0 radical (unpaired) electrons. The van der Waals surface area contributed by atoms with E-state index in [9.17, 15) is 19.2 Å². The van der Waals surface area contributed by atoms with Crippen LogP contribution in [0, 0.1) is 0 Å². The Morgan fingerprint density at radius 3 is 1.42 bits per heavy atom. The number of amides is 3. The number of carboxylic acids is 1. The van der Waals surface area contributed by atoms with Gasteiger partial charge in [-0.25, -0.2) is 14.8 Å². The Balaban J connectivity index is 0.000000149. The summed E-state index contributed by atoms with van der Waals surface area (Å²) in [5, 5.41) is 61.6. The molecule has 0 bridgehead atoms. The number of benzene rings is 3. The Morgan fingerprint density at radius 2 is 1.04 bits per heavy atom. The van der Waals surface area contributed by atoms with Crippen molar-refractivity contribution in [1.82, 2.24) is 40.6 Å². The zero-order valence-corrected chi connectivity index (χ0v) is 44.0. The third kappa shape index (κ3) is 18.5. The maximum Gasteiger partial charge on any atom is 0.454 e. The zero-order chi connectivity index (χ0) is 54.1. The summed E-state index contributed by atoms with van der Waals surface area (Å²) < 4.78 is 1.07. The van der Waals surface area contributed by atoms with Crippen molar-refractivity contribution in [3.05, 3.63) is 159 Å². The molecule has 2 aliphatic heterocycles. The van der Waals surface area contributed by atoms with E-state index >= 15 is 0 Å². The molecule has 76 heavy (non-hydrogen) atoms. The summed E-state index contributed by atoms with van der Waals surface area (Å²) >= 11 is 3.43. The van der Waals surface area contributed by atoms with Crippen LogP contribution in [0.2, 0.25) is 5.82 Å². The van der Waals surface area contributed by atoms with E-state index < -0.39 is 13.1 Å². The average molecular weight is 1090 g/mol. The molecule has 5 aliphatic rings. The van der Waals surface area contributed by atoms with Crippen LogP contribution in [-0.2, 0) is 38.4 Å².